The van der Waals surface area contributed by atoms with E-state index in [2.05, 4.69) is 11.8 Å². The number of halogens is 1. The quantitative estimate of drug-likeness (QED) is 0.854. The number of hydrogen-bond acceptors (Lipinski definition) is 2. The van der Waals surface area contributed by atoms with Gasteiger partial charge in [-0.1, -0.05) is 11.8 Å². The highest BCUT2D eigenvalue weighted by molar-refractivity contribution is 5.94. The number of aliphatic hydroxyl groups excluding tert-OH is 1. The van der Waals surface area contributed by atoms with Gasteiger partial charge in [-0.2, -0.15) is 0 Å². The molecule has 1 aliphatic rings. The van der Waals surface area contributed by atoms with Crippen molar-refractivity contribution in [3.63, 3.8) is 0 Å². The lowest BCUT2D eigenvalue weighted by Gasteiger charge is -2.17. The van der Waals surface area contributed by atoms with Crippen molar-refractivity contribution in [2.75, 3.05) is 20.2 Å². The zero-order valence-electron chi connectivity index (χ0n) is 11.5. The number of carbonyl (C=O) groups is 1. The lowest BCUT2D eigenvalue weighted by atomic mass is 10.1. The third-order valence-electron chi connectivity index (χ3n) is 3.24. The highest BCUT2D eigenvalue weighted by Gasteiger charge is 2.26. The number of aliphatic hydroxyl groups is 1. The molecule has 1 aromatic rings. The van der Waals surface area contributed by atoms with E-state index in [9.17, 15) is 9.18 Å². The first-order valence-electron chi connectivity index (χ1n) is 6.76. The van der Waals surface area contributed by atoms with Crippen LogP contribution in [-0.4, -0.2) is 36.1 Å². The van der Waals surface area contributed by atoms with Gasteiger partial charge in [-0.05, 0) is 37.0 Å². The molecule has 1 saturated carbocycles. The van der Waals surface area contributed by atoms with Gasteiger partial charge in [0.05, 0.1) is 12.2 Å². The van der Waals surface area contributed by atoms with E-state index in [0.29, 0.717) is 24.4 Å². The van der Waals surface area contributed by atoms with E-state index < -0.39 is 5.82 Å². The van der Waals surface area contributed by atoms with Crippen molar-refractivity contribution in [3.05, 3.63) is 35.1 Å². The van der Waals surface area contributed by atoms with Crippen LogP contribution in [0.15, 0.2) is 18.2 Å². The van der Waals surface area contributed by atoms with Gasteiger partial charge in [-0.15, -0.1) is 0 Å². The third-order valence-corrected chi connectivity index (χ3v) is 3.24. The van der Waals surface area contributed by atoms with Crippen molar-refractivity contribution < 1.29 is 14.3 Å². The smallest absolute Gasteiger partial charge is 0.256 e. The Kier molecular flexibility index (Phi) is 4.75. The minimum Gasteiger partial charge on any atom is -0.395 e. The molecule has 20 heavy (non-hydrogen) atoms. The van der Waals surface area contributed by atoms with Crippen LogP contribution in [0.2, 0.25) is 0 Å². The molecule has 0 radical (unpaired) electrons. The highest BCUT2D eigenvalue weighted by Crippen LogP contribution is 2.29. The molecule has 1 N–H and O–H groups in total. The predicted octanol–water partition coefficient (Wildman–Crippen LogP) is 2.04. The van der Waals surface area contributed by atoms with Crippen LogP contribution in [0.5, 0.6) is 0 Å². The fraction of sp³-hybridized carbons (Fsp3) is 0.438. The minimum atomic E-state index is -0.548. The maximum Gasteiger partial charge on any atom is 0.256 e. The molecule has 0 saturated heterocycles. The molecule has 0 unspecified atom stereocenters. The highest BCUT2D eigenvalue weighted by atomic mass is 19.1. The number of benzene rings is 1. The van der Waals surface area contributed by atoms with Gasteiger partial charge in [0.1, 0.15) is 5.82 Å². The van der Waals surface area contributed by atoms with E-state index in [0.717, 1.165) is 12.8 Å². The van der Waals surface area contributed by atoms with Gasteiger partial charge < -0.3 is 10.0 Å². The number of nitrogens with zero attached hydrogens (tertiary/aromatic N) is 1. The topological polar surface area (TPSA) is 40.5 Å². The van der Waals surface area contributed by atoms with Crippen molar-refractivity contribution in [1.82, 2.24) is 4.90 Å². The average molecular weight is 275 g/mol. The normalized spacial score (nSPS) is 13.6. The summed E-state index contributed by atoms with van der Waals surface area (Å²) in [5.41, 5.74) is 0.596. The summed E-state index contributed by atoms with van der Waals surface area (Å²) in [6.07, 6.45) is 2.66. The molecular weight excluding hydrogens is 257 g/mol. The Morgan fingerprint density at radius 2 is 2.25 bits per heavy atom. The minimum absolute atomic E-state index is 0.0159. The summed E-state index contributed by atoms with van der Waals surface area (Å²) in [4.78, 5) is 13.7. The summed E-state index contributed by atoms with van der Waals surface area (Å²) in [5, 5.41) is 8.63. The van der Waals surface area contributed by atoms with Crippen LogP contribution in [0.25, 0.3) is 0 Å². The number of hydrogen-bond donors (Lipinski definition) is 1. The Hall–Kier alpha value is -1.86. The fourth-order valence-corrected chi connectivity index (χ4v) is 1.96. The van der Waals surface area contributed by atoms with Crippen molar-refractivity contribution in [1.29, 1.82) is 0 Å². The molecule has 2 rings (SSSR count). The fourth-order valence-electron chi connectivity index (χ4n) is 1.96. The first-order valence-corrected chi connectivity index (χ1v) is 6.76. The van der Waals surface area contributed by atoms with E-state index in [4.69, 9.17) is 5.11 Å². The zero-order valence-corrected chi connectivity index (χ0v) is 11.5. The lowest BCUT2D eigenvalue weighted by Crippen LogP contribution is -2.29. The van der Waals surface area contributed by atoms with Gasteiger partial charge in [0.2, 0.25) is 0 Å². The Bertz CT molecular complexity index is 555. The monoisotopic (exact) mass is 275 g/mol. The van der Waals surface area contributed by atoms with Crippen molar-refractivity contribution in [2.24, 2.45) is 5.92 Å². The van der Waals surface area contributed by atoms with E-state index in [-0.39, 0.29) is 18.1 Å². The molecule has 0 aliphatic heterocycles. The van der Waals surface area contributed by atoms with Gasteiger partial charge in [0.15, 0.2) is 0 Å². The molecule has 106 valence electrons. The van der Waals surface area contributed by atoms with E-state index in [1.165, 1.54) is 12.1 Å². The molecule has 1 aromatic carbocycles. The zero-order chi connectivity index (χ0) is 14.5. The second-order valence-electron chi connectivity index (χ2n) is 5.10. The maximum atomic E-state index is 14.0. The van der Waals surface area contributed by atoms with Crippen molar-refractivity contribution >= 4 is 5.91 Å². The molecule has 0 heterocycles. The van der Waals surface area contributed by atoms with Gasteiger partial charge in [-0.25, -0.2) is 4.39 Å². The molecule has 1 aliphatic carbocycles. The van der Waals surface area contributed by atoms with Crippen molar-refractivity contribution in [3.8, 4) is 11.8 Å². The first kappa shape index (κ1) is 14.5. The van der Waals surface area contributed by atoms with Crippen molar-refractivity contribution in [2.45, 2.75) is 19.3 Å². The molecule has 0 aromatic heterocycles. The van der Waals surface area contributed by atoms with Crippen LogP contribution in [0, 0.1) is 23.6 Å². The summed E-state index contributed by atoms with van der Waals surface area (Å²) in [6, 6.07) is 4.37. The third kappa shape index (κ3) is 3.82. The van der Waals surface area contributed by atoms with Gasteiger partial charge in [0.25, 0.3) is 5.91 Å². The van der Waals surface area contributed by atoms with Crippen LogP contribution >= 0.6 is 0 Å². The second kappa shape index (κ2) is 6.53. The van der Waals surface area contributed by atoms with E-state index >= 15 is 0 Å². The summed E-state index contributed by atoms with van der Waals surface area (Å²) in [6.45, 7) is 0.675. The summed E-state index contributed by atoms with van der Waals surface area (Å²) >= 11 is 0. The van der Waals surface area contributed by atoms with E-state index in [1.807, 2.05) is 0 Å². The van der Waals surface area contributed by atoms with Crippen LogP contribution in [-0.2, 0) is 0 Å². The van der Waals surface area contributed by atoms with Crippen LogP contribution < -0.4 is 0 Å². The standard InChI is InChI=1S/C16H18FNO2/c1-18(11-13-5-6-13)16(20)14-8-7-12(10-15(14)17)4-2-3-9-19/h7-8,10,13,19H,3,5-6,9,11H2,1H3. The Labute approximate surface area is 118 Å². The summed E-state index contributed by atoms with van der Waals surface area (Å²) in [5.74, 6) is 5.22. The largest absolute Gasteiger partial charge is 0.395 e. The SMILES string of the molecule is CN(CC1CC1)C(=O)c1ccc(C#CCCO)cc1F. The Morgan fingerprint density at radius 3 is 2.85 bits per heavy atom. The Morgan fingerprint density at radius 1 is 1.50 bits per heavy atom. The first-order chi connectivity index (χ1) is 9.61. The Balaban J connectivity index is 2.08. The summed E-state index contributed by atoms with van der Waals surface area (Å²) < 4.78 is 14.0. The molecule has 1 fully saturated rings. The molecule has 0 bridgehead atoms. The van der Waals surface area contributed by atoms with Crippen LogP contribution in [0.1, 0.15) is 35.2 Å². The van der Waals surface area contributed by atoms with Gasteiger partial charge >= 0.3 is 0 Å². The number of amides is 1. The average Bonchev–Trinajstić information content (AvgIpc) is 3.22. The molecule has 4 heteroatoms. The van der Waals surface area contributed by atoms with Gasteiger partial charge in [0, 0.05) is 25.6 Å². The number of carbonyl (C=O) groups excluding carboxylic acids is 1. The molecule has 1 amide bonds. The molecule has 0 atom stereocenters. The maximum absolute atomic E-state index is 14.0. The summed E-state index contributed by atoms with van der Waals surface area (Å²) in [7, 11) is 1.70. The second-order valence-corrected chi connectivity index (χ2v) is 5.10. The number of rotatable bonds is 4. The predicted molar refractivity (Wildman–Crippen MR) is 74.7 cm³/mol. The van der Waals surface area contributed by atoms with Gasteiger partial charge in [-0.3, -0.25) is 4.79 Å². The lowest BCUT2D eigenvalue weighted by molar-refractivity contribution is 0.0784. The molecule has 3 nitrogen and oxygen atoms in total. The molecular formula is C16H18FNO2. The van der Waals surface area contributed by atoms with Crippen LogP contribution in [0.4, 0.5) is 4.39 Å². The van der Waals surface area contributed by atoms with Crippen LogP contribution in [0.3, 0.4) is 0 Å². The van der Waals surface area contributed by atoms with E-state index in [1.54, 1.807) is 18.0 Å². The molecule has 0 spiro atoms.